The van der Waals surface area contributed by atoms with E-state index in [1.165, 1.54) is 25.4 Å². The number of hydrogen-bond acceptors (Lipinski definition) is 5. The van der Waals surface area contributed by atoms with Crippen molar-refractivity contribution in [2.45, 2.75) is 0 Å². The average molecular weight is 370 g/mol. The van der Waals surface area contributed by atoms with Crippen LogP contribution in [0.4, 0.5) is 19.0 Å². The number of anilines is 1. The van der Waals surface area contributed by atoms with Gasteiger partial charge in [-0.05, 0) is 11.5 Å². The summed E-state index contributed by atoms with van der Waals surface area (Å²) in [5.41, 5.74) is -0.0436. The van der Waals surface area contributed by atoms with Crippen LogP contribution in [0, 0.1) is 17.5 Å². The Balaban J connectivity index is 2.08. The molecule has 4 aromatic rings. The van der Waals surface area contributed by atoms with E-state index in [1.54, 1.807) is 19.2 Å². The molecule has 27 heavy (non-hydrogen) atoms. The molecule has 0 atom stereocenters. The molecule has 0 amide bonds. The van der Waals surface area contributed by atoms with Gasteiger partial charge in [0, 0.05) is 24.2 Å². The minimum Gasteiger partial charge on any atom is -0.467 e. The Bertz CT molecular complexity index is 1200. The number of methoxy groups -OCH3 is 1. The lowest BCUT2D eigenvalue weighted by atomic mass is 10.00. The number of hydrogen-bond donors (Lipinski definition) is 1. The molecule has 2 aromatic carbocycles. The minimum absolute atomic E-state index is 0.0296. The molecule has 0 fully saturated rings. The van der Waals surface area contributed by atoms with Crippen LogP contribution < -0.4 is 10.1 Å². The molecule has 0 unspecified atom stereocenters. The quantitative estimate of drug-likeness (QED) is 0.582. The van der Waals surface area contributed by atoms with Crippen molar-refractivity contribution in [1.82, 2.24) is 15.0 Å². The van der Waals surface area contributed by atoms with E-state index in [0.29, 0.717) is 16.6 Å². The second-order valence-corrected chi connectivity index (χ2v) is 5.76. The molecule has 5 nitrogen and oxygen atoms in total. The van der Waals surface area contributed by atoms with Crippen molar-refractivity contribution in [3.63, 3.8) is 0 Å². The summed E-state index contributed by atoms with van der Waals surface area (Å²) in [6.45, 7) is 0. The summed E-state index contributed by atoms with van der Waals surface area (Å²) in [7, 11) is 2.99. The second kappa shape index (κ2) is 6.39. The Morgan fingerprint density at radius 1 is 1.00 bits per heavy atom. The summed E-state index contributed by atoms with van der Waals surface area (Å²) >= 11 is 0. The van der Waals surface area contributed by atoms with Crippen molar-refractivity contribution in [3.05, 3.63) is 54.0 Å². The fourth-order valence-corrected chi connectivity index (χ4v) is 3.01. The lowest BCUT2D eigenvalue weighted by Gasteiger charge is -2.12. The molecule has 0 aliphatic heterocycles. The fraction of sp³-hybridized carbons (Fsp3) is 0.105. The van der Waals surface area contributed by atoms with Crippen LogP contribution in [0.25, 0.3) is 32.9 Å². The van der Waals surface area contributed by atoms with Crippen LogP contribution in [-0.2, 0) is 0 Å². The first-order chi connectivity index (χ1) is 13.0. The number of fused-ring (bicyclic) bond motifs is 2. The first-order valence-electron chi connectivity index (χ1n) is 8.00. The van der Waals surface area contributed by atoms with Gasteiger partial charge in [-0.25, -0.2) is 13.2 Å². The predicted molar refractivity (Wildman–Crippen MR) is 96.2 cm³/mol. The number of halogens is 3. The first kappa shape index (κ1) is 17.0. The molecule has 1 N–H and O–H groups in total. The van der Waals surface area contributed by atoms with Crippen LogP contribution in [0.3, 0.4) is 0 Å². The van der Waals surface area contributed by atoms with Crippen molar-refractivity contribution in [2.24, 2.45) is 0 Å². The smallest absolute Gasteiger partial charge is 0.318 e. The summed E-state index contributed by atoms with van der Waals surface area (Å²) in [5, 5.41) is 3.56. The molecule has 4 rings (SSSR count). The molecule has 0 aliphatic carbocycles. The molecule has 8 heteroatoms. The van der Waals surface area contributed by atoms with E-state index in [0.717, 1.165) is 6.07 Å². The van der Waals surface area contributed by atoms with Crippen LogP contribution in [0.15, 0.2) is 36.5 Å². The number of nitrogens with one attached hydrogen (secondary N) is 1. The maximum Gasteiger partial charge on any atom is 0.318 e. The van der Waals surface area contributed by atoms with Crippen molar-refractivity contribution in [1.29, 1.82) is 0 Å². The molecule has 2 heterocycles. The number of benzene rings is 2. The van der Waals surface area contributed by atoms with E-state index < -0.39 is 17.5 Å². The summed E-state index contributed by atoms with van der Waals surface area (Å²) in [6, 6.07) is 7.16. The van der Waals surface area contributed by atoms with Crippen molar-refractivity contribution in [2.75, 3.05) is 19.5 Å². The van der Waals surface area contributed by atoms with Gasteiger partial charge in [-0.3, -0.25) is 4.98 Å². The standard InChI is InChI=1S/C19H13F3N4O/c1-23-18-11-8-24-16(15(22)17(11)25-19(26-18)27-2)10-5-3-4-9-6-7-12(20)14(21)13(9)10/h3-8H,1-2H3,(H,23,25,26). The molecule has 0 saturated heterocycles. The zero-order chi connectivity index (χ0) is 19.1. The number of ether oxygens (including phenoxy) is 1. The summed E-state index contributed by atoms with van der Waals surface area (Å²) in [5.74, 6) is -2.51. The Kier molecular flexibility index (Phi) is 4.02. The topological polar surface area (TPSA) is 59.9 Å². The molecular formula is C19H13F3N4O. The van der Waals surface area contributed by atoms with E-state index in [9.17, 15) is 8.78 Å². The Morgan fingerprint density at radius 2 is 1.81 bits per heavy atom. The SMILES string of the molecule is CNc1nc(OC)nc2c(F)c(-c3cccc4ccc(F)c(F)c34)ncc12. The lowest BCUT2D eigenvalue weighted by Crippen LogP contribution is -2.03. The van der Waals surface area contributed by atoms with E-state index in [-0.39, 0.29) is 28.2 Å². The molecule has 136 valence electrons. The highest BCUT2D eigenvalue weighted by Gasteiger charge is 2.20. The van der Waals surface area contributed by atoms with Crippen molar-refractivity contribution >= 4 is 27.5 Å². The first-order valence-corrected chi connectivity index (χ1v) is 8.00. The fourth-order valence-electron chi connectivity index (χ4n) is 3.01. The van der Waals surface area contributed by atoms with E-state index in [4.69, 9.17) is 4.74 Å². The Labute approximate surface area is 151 Å². The molecule has 0 radical (unpaired) electrons. The van der Waals surface area contributed by atoms with E-state index >= 15 is 4.39 Å². The minimum atomic E-state index is -1.06. The van der Waals surface area contributed by atoms with Gasteiger partial charge in [-0.1, -0.05) is 24.3 Å². The Morgan fingerprint density at radius 3 is 2.56 bits per heavy atom. The highest BCUT2D eigenvalue weighted by molar-refractivity contribution is 5.99. The van der Waals surface area contributed by atoms with Crippen molar-refractivity contribution < 1.29 is 17.9 Å². The van der Waals surface area contributed by atoms with Crippen LogP contribution >= 0.6 is 0 Å². The van der Waals surface area contributed by atoms with Crippen LogP contribution in [0.2, 0.25) is 0 Å². The number of pyridine rings is 1. The van der Waals surface area contributed by atoms with Crippen LogP contribution in [-0.4, -0.2) is 29.1 Å². The maximum atomic E-state index is 15.3. The largest absolute Gasteiger partial charge is 0.467 e. The Hall–Kier alpha value is -3.42. The normalized spacial score (nSPS) is 11.1. The lowest BCUT2D eigenvalue weighted by molar-refractivity contribution is 0.382. The van der Waals surface area contributed by atoms with Gasteiger partial charge in [0.2, 0.25) is 0 Å². The summed E-state index contributed by atoms with van der Waals surface area (Å²) in [6.07, 6.45) is 1.38. The van der Waals surface area contributed by atoms with Gasteiger partial charge in [0.05, 0.1) is 12.5 Å². The van der Waals surface area contributed by atoms with E-state index in [1.807, 2.05) is 0 Å². The third-order valence-corrected chi connectivity index (χ3v) is 4.27. The average Bonchev–Trinajstić information content (AvgIpc) is 2.70. The van der Waals surface area contributed by atoms with Gasteiger partial charge in [-0.15, -0.1) is 0 Å². The van der Waals surface area contributed by atoms with Crippen LogP contribution in [0.1, 0.15) is 0 Å². The number of aromatic nitrogens is 3. The molecule has 2 aromatic heterocycles. The molecule has 0 aliphatic rings. The predicted octanol–water partition coefficient (Wildman–Crippen LogP) is 4.31. The highest BCUT2D eigenvalue weighted by atomic mass is 19.2. The molecule has 0 bridgehead atoms. The van der Waals surface area contributed by atoms with Crippen molar-refractivity contribution in [3.8, 4) is 17.3 Å². The zero-order valence-electron chi connectivity index (χ0n) is 14.3. The monoisotopic (exact) mass is 370 g/mol. The van der Waals surface area contributed by atoms with Gasteiger partial charge in [0.1, 0.15) is 17.0 Å². The van der Waals surface area contributed by atoms with Crippen LogP contribution in [0.5, 0.6) is 6.01 Å². The van der Waals surface area contributed by atoms with Gasteiger partial charge in [0.25, 0.3) is 0 Å². The van der Waals surface area contributed by atoms with Gasteiger partial charge in [0.15, 0.2) is 17.5 Å². The number of nitrogens with zero attached hydrogens (tertiary/aromatic N) is 3. The molecule has 0 spiro atoms. The van der Waals surface area contributed by atoms with Gasteiger partial charge >= 0.3 is 6.01 Å². The third-order valence-electron chi connectivity index (χ3n) is 4.27. The zero-order valence-corrected chi connectivity index (χ0v) is 14.3. The van der Waals surface area contributed by atoms with Gasteiger partial charge in [-0.2, -0.15) is 9.97 Å². The summed E-state index contributed by atoms with van der Waals surface area (Å²) in [4.78, 5) is 12.3. The molecule has 0 saturated carbocycles. The summed E-state index contributed by atoms with van der Waals surface area (Å²) < 4.78 is 48.5. The third kappa shape index (κ3) is 2.61. The number of rotatable bonds is 3. The highest BCUT2D eigenvalue weighted by Crippen LogP contribution is 2.35. The van der Waals surface area contributed by atoms with E-state index in [2.05, 4.69) is 20.3 Å². The van der Waals surface area contributed by atoms with Gasteiger partial charge < -0.3 is 10.1 Å². The molecular weight excluding hydrogens is 357 g/mol. The maximum absolute atomic E-state index is 15.3. The second-order valence-electron chi connectivity index (χ2n) is 5.76.